The van der Waals surface area contributed by atoms with Crippen molar-refractivity contribution in [3.05, 3.63) is 41.4 Å². The van der Waals surface area contributed by atoms with E-state index in [-0.39, 0.29) is 0 Å². The summed E-state index contributed by atoms with van der Waals surface area (Å²) >= 11 is 5.95. The number of hydrogen-bond donors (Lipinski definition) is 0. The van der Waals surface area contributed by atoms with E-state index in [1.165, 1.54) is 0 Å². The number of carbonyl (C=O) groups is 1. The predicted molar refractivity (Wildman–Crippen MR) is 64.9 cm³/mol. The third-order valence-corrected chi connectivity index (χ3v) is 2.55. The van der Waals surface area contributed by atoms with E-state index in [2.05, 4.69) is 6.58 Å². The molecule has 0 unspecified atom stereocenters. The van der Waals surface area contributed by atoms with Gasteiger partial charge in [-0.1, -0.05) is 23.7 Å². The summed E-state index contributed by atoms with van der Waals surface area (Å²) in [6, 6.07) is 5.45. The molecule has 80 valence electrons. The molecule has 1 aromatic carbocycles. The lowest BCUT2D eigenvalue weighted by atomic mass is 10.1. The second-order valence-corrected chi connectivity index (χ2v) is 3.52. The zero-order valence-electron chi connectivity index (χ0n) is 8.74. The molecule has 0 aliphatic carbocycles. The summed E-state index contributed by atoms with van der Waals surface area (Å²) in [5.41, 5.74) is 1.41. The number of aldehydes is 1. The van der Waals surface area contributed by atoms with Crippen molar-refractivity contribution in [3.63, 3.8) is 0 Å². The Morgan fingerprint density at radius 3 is 2.80 bits per heavy atom. The highest BCUT2D eigenvalue weighted by Crippen LogP contribution is 2.25. The van der Waals surface area contributed by atoms with E-state index in [1.54, 1.807) is 12.1 Å². The van der Waals surface area contributed by atoms with E-state index in [0.717, 1.165) is 18.5 Å². The first-order valence-electron chi connectivity index (χ1n) is 4.84. The van der Waals surface area contributed by atoms with E-state index in [1.807, 2.05) is 24.0 Å². The fourth-order valence-electron chi connectivity index (χ4n) is 1.47. The van der Waals surface area contributed by atoms with Crippen molar-refractivity contribution in [3.8, 4) is 0 Å². The zero-order valence-corrected chi connectivity index (χ0v) is 9.50. The zero-order chi connectivity index (χ0) is 11.3. The number of hydrogen-bond acceptors (Lipinski definition) is 2. The minimum atomic E-state index is 0.491. The van der Waals surface area contributed by atoms with Gasteiger partial charge in [-0.15, -0.1) is 6.58 Å². The minimum Gasteiger partial charge on any atom is -0.367 e. The van der Waals surface area contributed by atoms with Gasteiger partial charge in [0.1, 0.15) is 0 Å². The van der Waals surface area contributed by atoms with Crippen LogP contribution in [-0.2, 0) is 0 Å². The lowest BCUT2D eigenvalue weighted by molar-refractivity contribution is 0.112. The van der Waals surface area contributed by atoms with Gasteiger partial charge in [-0.3, -0.25) is 4.79 Å². The van der Waals surface area contributed by atoms with Gasteiger partial charge in [0.15, 0.2) is 6.29 Å². The van der Waals surface area contributed by atoms with E-state index in [4.69, 9.17) is 11.6 Å². The minimum absolute atomic E-state index is 0.491. The Labute approximate surface area is 95.2 Å². The molecule has 0 heterocycles. The first-order valence-corrected chi connectivity index (χ1v) is 5.22. The molecule has 0 fully saturated rings. The quantitative estimate of drug-likeness (QED) is 0.565. The van der Waals surface area contributed by atoms with Crippen molar-refractivity contribution in [1.29, 1.82) is 0 Å². The molecular weight excluding hydrogens is 210 g/mol. The molecule has 0 radical (unpaired) electrons. The van der Waals surface area contributed by atoms with Crippen LogP contribution in [0.3, 0.4) is 0 Å². The van der Waals surface area contributed by atoms with E-state index in [9.17, 15) is 4.79 Å². The van der Waals surface area contributed by atoms with E-state index < -0.39 is 0 Å². The average Bonchev–Trinajstić information content (AvgIpc) is 2.25. The predicted octanol–water partition coefficient (Wildman–Crippen LogP) is 3.16. The van der Waals surface area contributed by atoms with Gasteiger partial charge < -0.3 is 4.90 Å². The normalized spacial score (nSPS) is 9.73. The molecule has 15 heavy (non-hydrogen) atoms. The van der Waals surface area contributed by atoms with Crippen molar-refractivity contribution in [2.24, 2.45) is 0 Å². The maximum absolute atomic E-state index is 10.9. The monoisotopic (exact) mass is 223 g/mol. The van der Waals surface area contributed by atoms with Gasteiger partial charge in [0.25, 0.3) is 0 Å². The summed E-state index contributed by atoms with van der Waals surface area (Å²) in [4.78, 5) is 13.0. The highest BCUT2D eigenvalue weighted by molar-refractivity contribution is 6.33. The number of carbonyl (C=O) groups excluding carboxylic acids is 1. The highest BCUT2D eigenvalue weighted by Gasteiger charge is 2.10. The van der Waals surface area contributed by atoms with E-state index >= 15 is 0 Å². The van der Waals surface area contributed by atoms with Crippen LogP contribution in [-0.4, -0.2) is 19.4 Å². The molecule has 1 rings (SSSR count). The lowest BCUT2D eigenvalue weighted by Gasteiger charge is -2.23. The third-order valence-electron chi connectivity index (χ3n) is 2.22. The van der Waals surface area contributed by atoms with Crippen molar-refractivity contribution in [2.45, 2.75) is 6.92 Å². The summed E-state index contributed by atoms with van der Waals surface area (Å²) in [5, 5.41) is 0.491. The number of nitrogens with zero attached hydrogens (tertiary/aromatic N) is 1. The second-order valence-electron chi connectivity index (χ2n) is 3.12. The number of likely N-dealkylation sites (N-methyl/N-ethyl adjacent to an activating group) is 1. The standard InChI is InChI=1S/C12H14ClNO/c1-3-8-14(4-2)12-7-5-6-11(13)10(12)9-15/h3,5-7,9H,1,4,8H2,2H3. The number of anilines is 1. The molecule has 0 aliphatic heterocycles. The maximum atomic E-state index is 10.9. The molecule has 0 amide bonds. The number of halogens is 1. The Morgan fingerprint density at radius 1 is 1.53 bits per heavy atom. The SMILES string of the molecule is C=CCN(CC)c1cccc(Cl)c1C=O. The van der Waals surface area contributed by atoms with Gasteiger partial charge in [-0.05, 0) is 19.1 Å². The highest BCUT2D eigenvalue weighted by atomic mass is 35.5. The molecule has 0 spiro atoms. The molecule has 0 saturated carbocycles. The number of benzene rings is 1. The molecule has 0 aliphatic rings. The largest absolute Gasteiger partial charge is 0.367 e. The third kappa shape index (κ3) is 2.60. The van der Waals surface area contributed by atoms with Crippen molar-refractivity contribution in [1.82, 2.24) is 0 Å². The molecular formula is C12H14ClNO. The van der Waals surface area contributed by atoms with Crippen LogP contribution in [0.2, 0.25) is 5.02 Å². The first kappa shape index (κ1) is 11.8. The van der Waals surface area contributed by atoms with Gasteiger partial charge in [-0.2, -0.15) is 0 Å². The summed E-state index contributed by atoms with van der Waals surface area (Å²) < 4.78 is 0. The van der Waals surface area contributed by atoms with Crippen LogP contribution in [0, 0.1) is 0 Å². The summed E-state index contributed by atoms with van der Waals surface area (Å²) in [7, 11) is 0. The lowest BCUT2D eigenvalue weighted by Crippen LogP contribution is -2.23. The fourth-order valence-corrected chi connectivity index (χ4v) is 1.69. The molecule has 0 aromatic heterocycles. The topological polar surface area (TPSA) is 20.3 Å². The maximum Gasteiger partial charge on any atom is 0.153 e. The van der Waals surface area contributed by atoms with Crippen molar-refractivity contribution < 1.29 is 4.79 Å². The second kappa shape index (κ2) is 5.56. The molecule has 1 aromatic rings. The molecule has 3 heteroatoms. The van der Waals surface area contributed by atoms with Crippen LogP contribution in [0.4, 0.5) is 5.69 Å². The Balaban J connectivity index is 3.15. The van der Waals surface area contributed by atoms with Crippen LogP contribution in [0.1, 0.15) is 17.3 Å². The van der Waals surface area contributed by atoms with Gasteiger partial charge in [0, 0.05) is 18.8 Å². The Bertz CT molecular complexity index is 363. The summed E-state index contributed by atoms with van der Waals surface area (Å²) in [6.45, 7) is 7.23. The fraction of sp³-hybridized carbons (Fsp3) is 0.250. The van der Waals surface area contributed by atoms with Gasteiger partial charge >= 0.3 is 0 Å². The van der Waals surface area contributed by atoms with E-state index in [0.29, 0.717) is 17.1 Å². The van der Waals surface area contributed by atoms with Crippen molar-refractivity contribution >= 4 is 23.6 Å². The van der Waals surface area contributed by atoms with Crippen molar-refractivity contribution in [2.75, 3.05) is 18.0 Å². The smallest absolute Gasteiger partial charge is 0.153 e. The Hall–Kier alpha value is -1.28. The van der Waals surface area contributed by atoms with Crippen LogP contribution < -0.4 is 4.90 Å². The van der Waals surface area contributed by atoms with Crippen LogP contribution in [0.25, 0.3) is 0 Å². The first-order chi connectivity index (χ1) is 7.24. The van der Waals surface area contributed by atoms with Gasteiger partial charge in [-0.25, -0.2) is 0 Å². The van der Waals surface area contributed by atoms with Gasteiger partial charge in [0.2, 0.25) is 0 Å². The molecule has 2 nitrogen and oxygen atoms in total. The molecule has 0 saturated heterocycles. The Morgan fingerprint density at radius 2 is 2.27 bits per heavy atom. The summed E-state index contributed by atoms with van der Waals surface area (Å²) in [6.07, 6.45) is 2.60. The Kier molecular flexibility index (Phi) is 4.37. The molecule has 0 bridgehead atoms. The molecule has 0 N–H and O–H groups in total. The summed E-state index contributed by atoms with van der Waals surface area (Å²) in [5.74, 6) is 0. The average molecular weight is 224 g/mol. The number of rotatable bonds is 5. The van der Waals surface area contributed by atoms with Crippen LogP contribution >= 0.6 is 11.6 Å². The van der Waals surface area contributed by atoms with Gasteiger partial charge in [0.05, 0.1) is 10.6 Å². The van der Waals surface area contributed by atoms with Crippen LogP contribution in [0.5, 0.6) is 0 Å². The van der Waals surface area contributed by atoms with Crippen LogP contribution in [0.15, 0.2) is 30.9 Å². The molecule has 0 atom stereocenters.